The van der Waals surface area contributed by atoms with E-state index in [1.165, 1.54) is 40.1 Å². The molecule has 0 saturated heterocycles. The second-order valence-corrected chi connectivity index (χ2v) is 6.64. The molecule has 0 bridgehead atoms. The van der Waals surface area contributed by atoms with Crippen LogP contribution in [0.4, 0.5) is 10.1 Å². The van der Waals surface area contributed by atoms with Crippen molar-refractivity contribution >= 4 is 22.7 Å². The lowest BCUT2D eigenvalue weighted by molar-refractivity contribution is -0.118. The summed E-state index contributed by atoms with van der Waals surface area (Å²) >= 11 is 0. The minimum atomic E-state index is -0.456. The van der Waals surface area contributed by atoms with Gasteiger partial charge in [-0.05, 0) is 42.8 Å². The number of amides is 1. The molecule has 2 aromatic heterocycles. The van der Waals surface area contributed by atoms with Crippen LogP contribution in [0, 0.1) is 12.7 Å². The van der Waals surface area contributed by atoms with Gasteiger partial charge in [0, 0.05) is 18.3 Å². The lowest BCUT2D eigenvalue weighted by atomic mass is 10.1. The van der Waals surface area contributed by atoms with E-state index in [1.54, 1.807) is 7.05 Å². The predicted octanol–water partition coefficient (Wildman–Crippen LogP) is 3.16. The molecule has 0 unspecified atom stereocenters. The summed E-state index contributed by atoms with van der Waals surface area (Å²) in [5, 5.41) is 4.05. The smallest absolute Gasteiger partial charge is 0.267 e. The topological polar surface area (TPSA) is 81.2 Å². The van der Waals surface area contributed by atoms with Gasteiger partial charge in [-0.25, -0.2) is 9.37 Å². The number of anilines is 1. The number of benzene rings is 2. The van der Waals surface area contributed by atoms with E-state index >= 15 is 0 Å². The second-order valence-electron chi connectivity index (χ2n) is 6.64. The molecule has 0 fully saturated rings. The average molecular weight is 392 g/mol. The molecule has 0 aliphatic heterocycles. The minimum Gasteiger partial charge on any atom is -0.335 e. The van der Waals surface area contributed by atoms with Gasteiger partial charge in [-0.15, -0.1) is 0 Å². The maximum Gasteiger partial charge on any atom is 0.267 e. The highest BCUT2D eigenvalue weighted by molar-refractivity contribution is 5.94. The zero-order valence-electron chi connectivity index (χ0n) is 15.8. The van der Waals surface area contributed by atoms with Crippen molar-refractivity contribution < 1.29 is 13.7 Å². The first-order valence-corrected chi connectivity index (χ1v) is 8.88. The molecule has 0 atom stereocenters. The molecule has 0 spiro atoms. The molecule has 2 heterocycles. The van der Waals surface area contributed by atoms with Crippen molar-refractivity contribution in [2.24, 2.45) is 0 Å². The van der Waals surface area contributed by atoms with Crippen LogP contribution in [0.5, 0.6) is 0 Å². The van der Waals surface area contributed by atoms with Gasteiger partial charge < -0.3 is 9.42 Å². The Hall–Kier alpha value is -3.81. The highest BCUT2D eigenvalue weighted by Crippen LogP contribution is 2.24. The van der Waals surface area contributed by atoms with E-state index in [0.29, 0.717) is 5.56 Å². The number of fused-ring (bicyclic) bond motifs is 1. The molecule has 29 heavy (non-hydrogen) atoms. The van der Waals surface area contributed by atoms with Crippen LogP contribution >= 0.6 is 0 Å². The van der Waals surface area contributed by atoms with E-state index in [1.807, 2.05) is 31.2 Å². The number of nitrogens with zero attached hydrogens (tertiary/aromatic N) is 4. The highest BCUT2D eigenvalue weighted by atomic mass is 19.1. The zero-order valence-corrected chi connectivity index (χ0v) is 15.8. The number of aromatic nitrogens is 3. The molecule has 0 aliphatic carbocycles. The number of para-hydroxylation sites is 1. The van der Waals surface area contributed by atoms with Crippen LogP contribution in [-0.4, -0.2) is 27.7 Å². The third kappa shape index (κ3) is 3.40. The van der Waals surface area contributed by atoms with Gasteiger partial charge in [-0.3, -0.25) is 14.2 Å². The Morgan fingerprint density at radius 1 is 1.17 bits per heavy atom. The number of hydrogen-bond donors (Lipinski definition) is 0. The number of rotatable bonds is 4. The summed E-state index contributed by atoms with van der Waals surface area (Å²) < 4.78 is 19.6. The molecular formula is C21H17FN4O3. The van der Waals surface area contributed by atoms with Crippen molar-refractivity contribution in [1.82, 2.24) is 14.7 Å². The lowest BCUT2D eigenvalue weighted by Gasteiger charge is -2.19. The highest BCUT2D eigenvalue weighted by Gasteiger charge is 2.19. The van der Waals surface area contributed by atoms with Gasteiger partial charge in [0.1, 0.15) is 29.8 Å². The molecule has 7 nitrogen and oxygen atoms in total. The van der Waals surface area contributed by atoms with Crippen LogP contribution in [0.25, 0.3) is 22.4 Å². The molecule has 4 aromatic rings. The summed E-state index contributed by atoms with van der Waals surface area (Å²) in [6.07, 6.45) is 1.26. The average Bonchev–Trinajstić information content (AvgIpc) is 3.15. The SMILES string of the molecule is Cc1ccccc1N(C)C(=O)Cn1cnc2onc(-c3ccc(F)cc3)c2c1=O. The fourth-order valence-electron chi connectivity index (χ4n) is 3.12. The zero-order chi connectivity index (χ0) is 20.5. The Kier molecular flexibility index (Phi) is 4.67. The van der Waals surface area contributed by atoms with Crippen molar-refractivity contribution in [1.29, 1.82) is 0 Å². The van der Waals surface area contributed by atoms with Gasteiger partial charge >= 0.3 is 0 Å². The number of halogens is 1. The molecule has 8 heteroatoms. The van der Waals surface area contributed by atoms with Crippen LogP contribution in [-0.2, 0) is 11.3 Å². The van der Waals surface area contributed by atoms with E-state index in [4.69, 9.17) is 4.52 Å². The normalized spacial score (nSPS) is 11.0. The Labute approximate surface area is 165 Å². The van der Waals surface area contributed by atoms with Crippen molar-refractivity contribution in [3.05, 3.63) is 76.6 Å². The largest absolute Gasteiger partial charge is 0.335 e. The van der Waals surface area contributed by atoms with Gasteiger partial charge in [-0.1, -0.05) is 23.4 Å². The predicted molar refractivity (Wildman–Crippen MR) is 106 cm³/mol. The molecule has 0 N–H and O–H groups in total. The van der Waals surface area contributed by atoms with E-state index in [2.05, 4.69) is 10.1 Å². The van der Waals surface area contributed by atoms with Crippen LogP contribution in [0.3, 0.4) is 0 Å². The van der Waals surface area contributed by atoms with Gasteiger partial charge in [-0.2, -0.15) is 0 Å². The molecule has 0 aliphatic rings. The quantitative estimate of drug-likeness (QED) is 0.533. The van der Waals surface area contributed by atoms with Gasteiger partial charge in [0.15, 0.2) is 0 Å². The number of hydrogen-bond acceptors (Lipinski definition) is 5. The molecule has 4 rings (SSSR count). The van der Waals surface area contributed by atoms with Gasteiger partial charge in [0.05, 0.1) is 0 Å². The fourth-order valence-corrected chi connectivity index (χ4v) is 3.12. The van der Waals surface area contributed by atoms with E-state index in [9.17, 15) is 14.0 Å². The maximum atomic E-state index is 13.2. The molecule has 146 valence electrons. The Morgan fingerprint density at radius 2 is 1.90 bits per heavy atom. The molecule has 0 saturated carbocycles. The van der Waals surface area contributed by atoms with Gasteiger partial charge in [0.2, 0.25) is 5.91 Å². The Bertz CT molecular complexity index is 1260. The van der Waals surface area contributed by atoms with E-state index < -0.39 is 11.4 Å². The first-order chi connectivity index (χ1) is 14.0. The van der Waals surface area contributed by atoms with E-state index in [0.717, 1.165) is 11.3 Å². The van der Waals surface area contributed by atoms with Crippen LogP contribution in [0.2, 0.25) is 0 Å². The monoisotopic (exact) mass is 392 g/mol. The van der Waals surface area contributed by atoms with Crippen LogP contribution < -0.4 is 10.5 Å². The molecule has 1 amide bonds. The first-order valence-electron chi connectivity index (χ1n) is 8.88. The molecule has 2 aromatic carbocycles. The van der Waals surface area contributed by atoms with Gasteiger partial charge in [0.25, 0.3) is 11.3 Å². The third-order valence-electron chi connectivity index (χ3n) is 4.74. The minimum absolute atomic E-state index is 0.0604. The lowest BCUT2D eigenvalue weighted by Crippen LogP contribution is -2.34. The van der Waals surface area contributed by atoms with Crippen molar-refractivity contribution in [3.8, 4) is 11.3 Å². The summed E-state index contributed by atoms with van der Waals surface area (Å²) in [5.41, 5.74) is 2.09. The summed E-state index contributed by atoms with van der Waals surface area (Å²) in [6, 6.07) is 13.0. The Morgan fingerprint density at radius 3 is 2.62 bits per heavy atom. The number of likely N-dealkylation sites (N-methyl/N-ethyl adjacent to an activating group) is 1. The summed E-state index contributed by atoms with van der Waals surface area (Å²) in [4.78, 5) is 31.3. The van der Waals surface area contributed by atoms with Crippen molar-refractivity contribution in [3.63, 3.8) is 0 Å². The third-order valence-corrected chi connectivity index (χ3v) is 4.74. The Balaban J connectivity index is 1.70. The second kappa shape index (κ2) is 7.31. The number of carbonyl (C=O) groups excluding carboxylic acids is 1. The summed E-state index contributed by atoms with van der Waals surface area (Å²) in [6.45, 7) is 1.71. The van der Waals surface area contributed by atoms with Crippen molar-refractivity contribution in [2.75, 3.05) is 11.9 Å². The summed E-state index contributed by atoms with van der Waals surface area (Å²) in [5.74, 6) is -0.677. The molecule has 0 radical (unpaired) electrons. The maximum absolute atomic E-state index is 13.2. The number of carbonyl (C=O) groups is 1. The van der Waals surface area contributed by atoms with Crippen LogP contribution in [0.1, 0.15) is 5.56 Å². The first kappa shape index (κ1) is 18.5. The fraction of sp³-hybridized carbons (Fsp3) is 0.143. The van der Waals surface area contributed by atoms with Crippen LogP contribution in [0.15, 0.2) is 64.2 Å². The van der Waals surface area contributed by atoms with Crippen molar-refractivity contribution in [2.45, 2.75) is 13.5 Å². The molecular weight excluding hydrogens is 375 g/mol. The number of aryl methyl sites for hydroxylation is 1. The standard InChI is InChI=1S/C21H17FN4O3/c1-13-5-3-4-6-16(13)25(2)17(27)11-26-12-23-20-18(21(26)28)19(24-29-20)14-7-9-15(22)10-8-14/h3-10,12H,11H2,1-2H3. The van der Waals surface area contributed by atoms with E-state index in [-0.39, 0.29) is 29.2 Å². The summed E-state index contributed by atoms with van der Waals surface area (Å²) in [7, 11) is 1.66.